The van der Waals surface area contributed by atoms with Crippen LogP contribution in [-0.2, 0) is 19.1 Å². The topological polar surface area (TPSA) is 117 Å². The minimum atomic E-state index is -0.521. The van der Waals surface area contributed by atoms with Crippen LogP contribution in [0.1, 0.15) is 240 Å². The van der Waals surface area contributed by atoms with Crippen molar-refractivity contribution in [2.24, 2.45) is 11.8 Å². The molecule has 8 nitrogen and oxygen atoms in total. The minimum Gasteiger partial charge on any atom is -0.468 e. The molecular formula is C49H99NO7. The van der Waals surface area contributed by atoms with Gasteiger partial charge in [-0.15, -0.1) is 0 Å². The molecule has 342 valence electrons. The van der Waals surface area contributed by atoms with Crippen molar-refractivity contribution in [1.82, 2.24) is 4.90 Å². The van der Waals surface area contributed by atoms with Gasteiger partial charge in [-0.05, 0) is 76.7 Å². The molecule has 8 heteroatoms. The molecule has 0 aliphatic rings. The second-order valence-electron chi connectivity index (χ2n) is 17.2. The number of hydrogen-bond acceptors (Lipinski definition) is 8. The Morgan fingerprint density at radius 2 is 0.930 bits per heavy atom. The number of aliphatic hydroxyl groups is 3. The third-order valence-electron chi connectivity index (χ3n) is 11.4. The molecule has 0 aromatic carbocycles. The lowest BCUT2D eigenvalue weighted by Gasteiger charge is -2.27. The second-order valence-corrected chi connectivity index (χ2v) is 17.2. The molecule has 0 bridgehead atoms. The highest BCUT2D eigenvalue weighted by atomic mass is 16.5. The maximum atomic E-state index is 12.8. The number of hydrogen-bond donors (Lipinski definition) is 3. The molecular weight excluding hydrogens is 715 g/mol. The molecule has 0 spiro atoms. The molecule has 0 aliphatic carbocycles. The smallest absolute Gasteiger partial charge is 0.308 e. The number of carbonyl (C=O) groups excluding carboxylic acids is 2. The molecule has 0 saturated heterocycles. The van der Waals surface area contributed by atoms with Gasteiger partial charge in [-0.25, -0.2) is 0 Å². The van der Waals surface area contributed by atoms with E-state index in [0.717, 1.165) is 57.3 Å². The van der Waals surface area contributed by atoms with E-state index in [2.05, 4.69) is 39.5 Å². The predicted molar refractivity (Wildman–Crippen MR) is 242 cm³/mol. The molecule has 0 amide bonds. The van der Waals surface area contributed by atoms with E-state index in [1.165, 1.54) is 128 Å². The molecule has 0 saturated carbocycles. The first-order valence-corrected chi connectivity index (χ1v) is 24.7. The Labute approximate surface area is 354 Å². The van der Waals surface area contributed by atoms with Crippen LogP contribution in [0.2, 0.25) is 0 Å². The molecule has 0 radical (unpaired) electrons. The lowest BCUT2D eigenvalue weighted by molar-refractivity contribution is -0.149. The average Bonchev–Trinajstić information content (AvgIpc) is 3.20. The Hall–Kier alpha value is -1.22. The van der Waals surface area contributed by atoms with Gasteiger partial charge in [0.05, 0.1) is 31.3 Å². The summed E-state index contributed by atoms with van der Waals surface area (Å²) < 4.78 is 10.4. The standard InChI is InChI=1S/C33H65NO7.C16H34/c1-3-5-7-9-10-12-20-30(19-11-8-6-4-2)33(39)41-26-18-14-22-32(38)28-34(23-15-16-24-35)27-31(37)21-13-17-25-40-29-36;1-4-6-8-10-11-13-15-16(3)14-12-9-7-5-2/h29-32,35,37-38H,3-28H2,1-2H3;16H,4-15H2,1-3H3. The fourth-order valence-electron chi connectivity index (χ4n) is 7.57. The van der Waals surface area contributed by atoms with Gasteiger partial charge < -0.3 is 24.8 Å². The Bertz CT molecular complexity index is 800. The molecule has 0 rings (SSSR count). The van der Waals surface area contributed by atoms with Crippen LogP contribution in [-0.4, -0.2) is 84.3 Å². The summed E-state index contributed by atoms with van der Waals surface area (Å²) in [5.74, 6) is 0.945. The predicted octanol–water partition coefficient (Wildman–Crippen LogP) is 12.5. The van der Waals surface area contributed by atoms with Crippen molar-refractivity contribution in [3.63, 3.8) is 0 Å². The summed E-state index contributed by atoms with van der Waals surface area (Å²) in [6, 6.07) is 0. The fourth-order valence-corrected chi connectivity index (χ4v) is 7.57. The van der Waals surface area contributed by atoms with E-state index >= 15 is 0 Å². The number of rotatable bonds is 44. The van der Waals surface area contributed by atoms with Crippen LogP contribution in [0.3, 0.4) is 0 Å². The normalized spacial score (nSPS) is 13.5. The summed E-state index contributed by atoms with van der Waals surface area (Å²) >= 11 is 0. The molecule has 57 heavy (non-hydrogen) atoms. The van der Waals surface area contributed by atoms with Crippen LogP contribution in [0.4, 0.5) is 0 Å². The van der Waals surface area contributed by atoms with E-state index in [-0.39, 0.29) is 18.5 Å². The fraction of sp³-hybridized carbons (Fsp3) is 0.959. The Balaban J connectivity index is 0. The zero-order valence-electron chi connectivity index (χ0n) is 38.7. The lowest BCUT2D eigenvalue weighted by atomic mass is 9.94. The Kier molecular flexibility index (Phi) is 48.2. The number of aliphatic hydroxyl groups excluding tert-OH is 3. The van der Waals surface area contributed by atoms with E-state index < -0.39 is 12.2 Å². The van der Waals surface area contributed by atoms with Crippen LogP contribution in [0, 0.1) is 11.8 Å². The number of carbonyl (C=O) groups is 2. The van der Waals surface area contributed by atoms with Crippen molar-refractivity contribution in [3.05, 3.63) is 0 Å². The van der Waals surface area contributed by atoms with Crippen LogP contribution in [0.5, 0.6) is 0 Å². The third-order valence-corrected chi connectivity index (χ3v) is 11.4. The van der Waals surface area contributed by atoms with Gasteiger partial charge in [-0.2, -0.15) is 0 Å². The zero-order chi connectivity index (χ0) is 42.5. The highest BCUT2D eigenvalue weighted by Gasteiger charge is 2.20. The SMILES string of the molecule is CCCCCCCCC(C)CCCCCC.CCCCCCCCC(CCCCCC)C(=O)OCCCCC(O)CN(CCCCO)CC(O)CCCCOC=O. The summed E-state index contributed by atoms with van der Waals surface area (Å²) in [5, 5.41) is 30.2. The third kappa shape index (κ3) is 44.2. The van der Waals surface area contributed by atoms with Crippen LogP contribution < -0.4 is 0 Å². The second kappa shape index (κ2) is 47.5. The van der Waals surface area contributed by atoms with Crippen LogP contribution in [0.25, 0.3) is 0 Å². The first-order chi connectivity index (χ1) is 27.8. The minimum absolute atomic E-state index is 0.0140. The summed E-state index contributed by atoms with van der Waals surface area (Å²) in [6.45, 7) is 14.4. The molecule has 3 N–H and O–H groups in total. The highest BCUT2D eigenvalue weighted by Crippen LogP contribution is 2.21. The number of unbranched alkanes of at least 4 members (excludes halogenated alkanes) is 19. The van der Waals surface area contributed by atoms with Crippen molar-refractivity contribution in [2.75, 3.05) is 39.5 Å². The van der Waals surface area contributed by atoms with Crippen molar-refractivity contribution in [2.45, 2.75) is 252 Å². The summed E-state index contributed by atoms with van der Waals surface area (Å²) in [5.41, 5.74) is 0. The number of nitrogens with zero attached hydrogens (tertiary/aromatic N) is 1. The van der Waals surface area contributed by atoms with E-state index in [0.29, 0.717) is 65.0 Å². The number of ether oxygens (including phenoxy) is 2. The zero-order valence-corrected chi connectivity index (χ0v) is 38.7. The first kappa shape index (κ1) is 57.9. The molecule has 4 unspecified atom stereocenters. The molecule has 0 fully saturated rings. The average molecular weight is 814 g/mol. The van der Waals surface area contributed by atoms with Gasteiger partial charge in [0.15, 0.2) is 0 Å². The maximum Gasteiger partial charge on any atom is 0.308 e. The molecule has 0 heterocycles. The summed E-state index contributed by atoms with van der Waals surface area (Å²) in [6.07, 6.45) is 35.9. The van der Waals surface area contributed by atoms with Crippen molar-refractivity contribution in [1.29, 1.82) is 0 Å². The van der Waals surface area contributed by atoms with Crippen molar-refractivity contribution < 1.29 is 34.4 Å². The van der Waals surface area contributed by atoms with E-state index in [9.17, 15) is 19.8 Å². The van der Waals surface area contributed by atoms with Gasteiger partial charge in [0, 0.05) is 19.7 Å². The number of esters is 1. The van der Waals surface area contributed by atoms with Gasteiger partial charge in [0.1, 0.15) is 0 Å². The monoisotopic (exact) mass is 814 g/mol. The summed E-state index contributed by atoms with van der Waals surface area (Å²) in [7, 11) is 0. The van der Waals surface area contributed by atoms with Crippen LogP contribution in [0.15, 0.2) is 0 Å². The Morgan fingerprint density at radius 1 is 0.526 bits per heavy atom. The lowest BCUT2D eigenvalue weighted by Crippen LogP contribution is -2.38. The molecule has 4 atom stereocenters. The Morgan fingerprint density at radius 3 is 1.39 bits per heavy atom. The maximum absolute atomic E-state index is 12.8. The molecule has 0 aliphatic heterocycles. The summed E-state index contributed by atoms with van der Waals surface area (Å²) in [4.78, 5) is 25.1. The van der Waals surface area contributed by atoms with Gasteiger partial charge in [-0.1, -0.05) is 176 Å². The molecule has 0 aromatic rings. The van der Waals surface area contributed by atoms with Gasteiger partial charge in [0.2, 0.25) is 0 Å². The van der Waals surface area contributed by atoms with Crippen LogP contribution >= 0.6 is 0 Å². The van der Waals surface area contributed by atoms with Crippen molar-refractivity contribution >= 4 is 12.4 Å². The van der Waals surface area contributed by atoms with Gasteiger partial charge in [0.25, 0.3) is 6.47 Å². The first-order valence-electron chi connectivity index (χ1n) is 24.7. The van der Waals surface area contributed by atoms with E-state index in [1.54, 1.807) is 0 Å². The highest BCUT2D eigenvalue weighted by molar-refractivity contribution is 5.72. The molecule has 0 aromatic heterocycles. The van der Waals surface area contributed by atoms with Crippen molar-refractivity contribution in [3.8, 4) is 0 Å². The van der Waals surface area contributed by atoms with E-state index in [4.69, 9.17) is 14.6 Å². The van der Waals surface area contributed by atoms with Gasteiger partial charge in [-0.3, -0.25) is 14.5 Å². The quantitative estimate of drug-likeness (QED) is 0.0316. The van der Waals surface area contributed by atoms with E-state index in [1.807, 2.05) is 0 Å². The largest absolute Gasteiger partial charge is 0.468 e. The van der Waals surface area contributed by atoms with Gasteiger partial charge >= 0.3 is 5.97 Å².